The van der Waals surface area contributed by atoms with Crippen LogP contribution in [0.4, 0.5) is 0 Å². The topological polar surface area (TPSA) is 77.2 Å². The van der Waals surface area contributed by atoms with Crippen molar-refractivity contribution < 1.29 is 13.9 Å². The van der Waals surface area contributed by atoms with Gasteiger partial charge in [-0.25, -0.2) is 0 Å². The number of aromatic nitrogens is 2. The molecule has 0 saturated carbocycles. The van der Waals surface area contributed by atoms with Gasteiger partial charge in [0.1, 0.15) is 5.75 Å². The summed E-state index contributed by atoms with van der Waals surface area (Å²) in [4.78, 5) is 11.9. The minimum atomic E-state index is -0.0877. The van der Waals surface area contributed by atoms with Gasteiger partial charge in [0, 0.05) is 6.54 Å². The lowest BCUT2D eigenvalue weighted by Crippen LogP contribution is -2.24. The van der Waals surface area contributed by atoms with Crippen LogP contribution in [0.5, 0.6) is 5.75 Å². The fourth-order valence-corrected chi connectivity index (χ4v) is 2.94. The van der Waals surface area contributed by atoms with Crippen LogP contribution in [0.25, 0.3) is 0 Å². The number of nitrogens with one attached hydrogen (secondary N) is 1. The van der Waals surface area contributed by atoms with E-state index >= 15 is 0 Å². The first-order chi connectivity index (χ1) is 13.1. The zero-order chi connectivity index (χ0) is 19.1. The van der Waals surface area contributed by atoms with Crippen LogP contribution in [0.15, 0.2) is 58.2 Å². The first-order valence-electron chi connectivity index (χ1n) is 8.56. The Morgan fingerprint density at radius 3 is 2.78 bits per heavy atom. The lowest BCUT2D eigenvalue weighted by atomic mass is 10.1. The molecule has 3 aromatic rings. The minimum Gasteiger partial charge on any atom is -0.484 e. The van der Waals surface area contributed by atoms with Crippen LogP contribution >= 0.6 is 11.8 Å². The number of ether oxygens (including phenoxy) is 1. The van der Waals surface area contributed by atoms with Gasteiger partial charge in [0.15, 0.2) is 6.61 Å². The molecule has 6 nitrogen and oxygen atoms in total. The average Bonchev–Trinajstić information content (AvgIpc) is 3.14. The van der Waals surface area contributed by atoms with Gasteiger partial charge in [-0.1, -0.05) is 54.2 Å². The molecule has 7 heteroatoms. The molecule has 0 radical (unpaired) electrons. The molecule has 1 amide bonds. The molecule has 3 rings (SSSR count). The Hall–Kier alpha value is -2.80. The van der Waals surface area contributed by atoms with Crippen LogP contribution in [0.1, 0.15) is 22.6 Å². The maximum absolute atomic E-state index is 11.9. The first-order valence-corrected chi connectivity index (χ1v) is 9.54. The maximum atomic E-state index is 11.9. The van der Waals surface area contributed by atoms with E-state index in [1.54, 1.807) is 0 Å². The van der Waals surface area contributed by atoms with E-state index in [0.717, 1.165) is 22.4 Å². The molecule has 0 fully saturated rings. The molecule has 1 N–H and O–H groups in total. The summed E-state index contributed by atoms with van der Waals surface area (Å²) in [6.45, 7) is 4.69. The number of hydrogen-bond donors (Lipinski definition) is 1. The van der Waals surface area contributed by atoms with Crippen molar-refractivity contribution in [2.75, 3.05) is 5.75 Å². The number of thioether (sulfide) groups is 1. The van der Waals surface area contributed by atoms with Gasteiger partial charge >= 0.3 is 0 Å². The summed E-state index contributed by atoms with van der Waals surface area (Å²) in [5, 5.41) is 11.1. The van der Waals surface area contributed by atoms with E-state index in [0.29, 0.717) is 17.7 Å². The summed E-state index contributed by atoms with van der Waals surface area (Å²) in [6, 6.07) is 15.8. The van der Waals surface area contributed by atoms with Crippen molar-refractivity contribution in [3.05, 3.63) is 71.1 Å². The molecule has 0 atom stereocenters. The number of rotatable bonds is 8. The number of hydrogen-bond acceptors (Lipinski definition) is 6. The lowest BCUT2D eigenvalue weighted by Gasteiger charge is -2.07. The van der Waals surface area contributed by atoms with E-state index in [4.69, 9.17) is 9.15 Å². The second kappa shape index (κ2) is 9.23. The Balaban J connectivity index is 1.43. The summed E-state index contributed by atoms with van der Waals surface area (Å²) in [7, 11) is 0. The average molecular weight is 383 g/mol. The Kier molecular flexibility index (Phi) is 6.49. The highest BCUT2D eigenvalue weighted by Crippen LogP contribution is 2.21. The van der Waals surface area contributed by atoms with Gasteiger partial charge in [-0.3, -0.25) is 4.79 Å². The predicted molar refractivity (Wildman–Crippen MR) is 104 cm³/mol. The molecule has 0 aliphatic heterocycles. The lowest BCUT2D eigenvalue weighted by molar-refractivity contribution is -0.118. The number of nitrogens with zero attached hydrogens (tertiary/aromatic N) is 2. The van der Waals surface area contributed by atoms with Gasteiger partial charge < -0.3 is 14.5 Å². The quantitative estimate of drug-likeness (QED) is 0.598. The summed E-state index contributed by atoms with van der Waals surface area (Å²) < 4.78 is 11.3. The molecule has 0 bridgehead atoms. The highest BCUT2D eigenvalue weighted by Gasteiger charge is 2.11. The largest absolute Gasteiger partial charge is 0.484 e. The fourth-order valence-electron chi connectivity index (χ4n) is 2.33. The first kappa shape index (κ1) is 19.0. The van der Waals surface area contributed by atoms with Crippen molar-refractivity contribution in [2.45, 2.75) is 32.2 Å². The molecule has 1 aromatic heterocycles. The molecule has 0 aliphatic carbocycles. The Morgan fingerprint density at radius 2 is 1.96 bits per heavy atom. The van der Waals surface area contributed by atoms with Crippen molar-refractivity contribution in [3.63, 3.8) is 0 Å². The van der Waals surface area contributed by atoms with Crippen LogP contribution in [0.3, 0.4) is 0 Å². The smallest absolute Gasteiger partial charge is 0.277 e. The molecule has 0 saturated heterocycles. The number of aryl methyl sites for hydroxylation is 2. The van der Waals surface area contributed by atoms with Gasteiger partial charge in [-0.05, 0) is 36.6 Å². The standard InChI is InChI=1S/C20H21N3O3S/c1-14-8-9-15(2)17(10-14)25-12-19-22-23-20(26-19)27-13-18(24)21-11-16-6-4-3-5-7-16/h3-10H,11-13H2,1-2H3,(H,21,24). The van der Waals surface area contributed by atoms with Gasteiger partial charge in [0.2, 0.25) is 5.91 Å². The van der Waals surface area contributed by atoms with E-state index < -0.39 is 0 Å². The molecule has 0 spiro atoms. The van der Waals surface area contributed by atoms with Crippen molar-refractivity contribution in [1.82, 2.24) is 15.5 Å². The third kappa shape index (κ3) is 5.86. The molecular formula is C20H21N3O3S. The van der Waals surface area contributed by atoms with Crippen molar-refractivity contribution in [3.8, 4) is 5.75 Å². The Bertz CT molecular complexity index is 896. The minimum absolute atomic E-state index is 0.0877. The van der Waals surface area contributed by atoms with Gasteiger partial charge in [-0.2, -0.15) is 0 Å². The fraction of sp³-hybridized carbons (Fsp3) is 0.250. The van der Waals surface area contributed by atoms with E-state index in [-0.39, 0.29) is 18.3 Å². The number of carbonyl (C=O) groups excluding carboxylic acids is 1. The Labute approximate surface area is 162 Å². The molecular weight excluding hydrogens is 362 g/mol. The number of carbonyl (C=O) groups is 1. The van der Waals surface area contributed by atoms with Crippen molar-refractivity contribution >= 4 is 17.7 Å². The maximum Gasteiger partial charge on any atom is 0.277 e. The summed E-state index contributed by atoms with van der Waals surface area (Å²) >= 11 is 1.20. The van der Waals surface area contributed by atoms with Crippen LogP contribution in [0.2, 0.25) is 0 Å². The van der Waals surface area contributed by atoms with Crippen LogP contribution in [-0.2, 0) is 17.9 Å². The van der Waals surface area contributed by atoms with E-state index in [9.17, 15) is 4.79 Å². The third-order valence-electron chi connectivity index (χ3n) is 3.80. The molecule has 0 unspecified atom stereocenters. The Morgan fingerprint density at radius 1 is 1.15 bits per heavy atom. The molecule has 2 aromatic carbocycles. The highest BCUT2D eigenvalue weighted by molar-refractivity contribution is 7.99. The van der Waals surface area contributed by atoms with Crippen molar-refractivity contribution in [1.29, 1.82) is 0 Å². The summed E-state index contributed by atoms with van der Waals surface area (Å²) in [5.41, 5.74) is 3.23. The molecule has 140 valence electrons. The highest BCUT2D eigenvalue weighted by atomic mass is 32.2. The zero-order valence-corrected chi connectivity index (χ0v) is 16.1. The normalized spacial score (nSPS) is 10.6. The molecule has 27 heavy (non-hydrogen) atoms. The van der Waals surface area contributed by atoms with Gasteiger partial charge in [0.25, 0.3) is 11.1 Å². The second-order valence-corrected chi connectivity index (χ2v) is 7.00. The molecule has 0 aliphatic rings. The predicted octanol–water partition coefficient (Wildman–Crippen LogP) is 3.67. The van der Waals surface area contributed by atoms with E-state index in [2.05, 4.69) is 15.5 Å². The van der Waals surface area contributed by atoms with Gasteiger partial charge in [-0.15, -0.1) is 10.2 Å². The van der Waals surface area contributed by atoms with Crippen LogP contribution in [0, 0.1) is 13.8 Å². The summed E-state index contributed by atoms with van der Waals surface area (Å²) in [5.74, 6) is 1.30. The number of amides is 1. The SMILES string of the molecule is Cc1ccc(C)c(OCc2nnc(SCC(=O)NCc3ccccc3)o2)c1. The third-order valence-corrected chi connectivity index (χ3v) is 4.62. The number of benzene rings is 2. The zero-order valence-electron chi connectivity index (χ0n) is 15.3. The van der Waals surface area contributed by atoms with Crippen molar-refractivity contribution in [2.24, 2.45) is 0 Å². The summed E-state index contributed by atoms with van der Waals surface area (Å²) in [6.07, 6.45) is 0. The van der Waals surface area contributed by atoms with E-state index in [1.165, 1.54) is 11.8 Å². The van der Waals surface area contributed by atoms with Crippen LogP contribution in [-0.4, -0.2) is 21.9 Å². The molecule has 1 heterocycles. The van der Waals surface area contributed by atoms with Gasteiger partial charge in [0.05, 0.1) is 5.75 Å². The van der Waals surface area contributed by atoms with E-state index in [1.807, 2.05) is 62.4 Å². The van der Waals surface area contributed by atoms with Crippen LogP contribution < -0.4 is 10.1 Å². The monoisotopic (exact) mass is 383 g/mol. The second-order valence-electron chi connectivity index (χ2n) is 6.07.